The van der Waals surface area contributed by atoms with E-state index in [1.54, 1.807) is 24.3 Å². The molecule has 126 valence electrons. The molecule has 2 rings (SSSR count). The molecular formula is C19H21NO4. The van der Waals surface area contributed by atoms with Crippen molar-refractivity contribution in [2.24, 2.45) is 0 Å². The molecule has 0 fully saturated rings. The van der Waals surface area contributed by atoms with Gasteiger partial charge in [-0.15, -0.1) is 0 Å². The summed E-state index contributed by atoms with van der Waals surface area (Å²) in [5.41, 5.74) is 3.10. The maximum absolute atomic E-state index is 12.2. The lowest BCUT2D eigenvalue weighted by Gasteiger charge is -2.15. The summed E-state index contributed by atoms with van der Waals surface area (Å²) in [4.78, 5) is 24.4. The highest BCUT2D eigenvalue weighted by atomic mass is 16.5. The molecule has 5 heteroatoms. The van der Waals surface area contributed by atoms with Gasteiger partial charge in [0.2, 0.25) is 0 Å². The van der Waals surface area contributed by atoms with Gasteiger partial charge in [-0.2, -0.15) is 0 Å². The number of benzene rings is 2. The number of methoxy groups -OCH3 is 1. The molecule has 2 aromatic rings. The summed E-state index contributed by atoms with van der Waals surface area (Å²) in [6.45, 7) is 5.43. The summed E-state index contributed by atoms with van der Waals surface area (Å²) in [7, 11) is 1.52. The molecular weight excluding hydrogens is 306 g/mol. The molecule has 0 spiro atoms. The van der Waals surface area contributed by atoms with E-state index in [-0.39, 0.29) is 5.91 Å². The van der Waals surface area contributed by atoms with Crippen LogP contribution in [0.1, 0.15) is 28.4 Å². The van der Waals surface area contributed by atoms with E-state index in [2.05, 4.69) is 5.32 Å². The van der Waals surface area contributed by atoms with Crippen molar-refractivity contribution < 1.29 is 19.1 Å². The van der Waals surface area contributed by atoms with Crippen molar-refractivity contribution in [2.45, 2.75) is 26.9 Å². The number of hydrogen-bond acceptors (Lipinski definition) is 4. The van der Waals surface area contributed by atoms with E-state index in [1.807, 2.05) is 32.0 Å². The monoisotopic (exact) mass is 327 g/mol. The van der Waals surface area contributed by atoms with Gasteiger partial charge < -0.3 is 14.8 Å². The van der Waals surface area contributed by atoms with E-state index >= 15 is 0 Å². The molecule has 0 bridgehead atoms. The van der Waals surface area contributed by atoms with Crippen LogP contribution in [-0.4, -0.2) is 25.1 Å². The van der Waals surface area contributed by atoms with E-state index in [0.29, 0.717) is 17.0 Å². The SMILES string of the molecule is COc1cccc(C(=O)O[C@@H](C)C(=O)Nc2ccc(C)cc2C)c1. The van der Waals surface area contributed by atoms with Crippen molar-refractivity contribution in [2.75, 3.05) is 12.4 Å². The molecule has 0 aliphatic heterocycles. The standard InChI is InChI=1S/C19H21NO4/c1-12-8-9-17(13(2)10-12)20-18(21)14(3)24-19(22)15-6-5-7-16(11-15)23-4/h5-11,14H,1-4H3,(H,20,21)/t14-/m0/s1. The minimum atomic E-state index is -0.913. The summed E-state index contributed by atoms with van der Waals surface area (Å²) in [5.74, 6) is -0.396. The number of hydrogen-bond donors (Lipinski definition) is 1. The van der Waals surface area contributed by atoms with Crippen LogP contribution < -0.4 is 10.1 Å². The molecule has 0 heterocycles. The van der Waals surface area contributed by atoms with Crippen LogP contribution in [0.25, 0.3) is 0 Å². The largest absolute Gasteiger partial charge is 0.497 e. The summed E-state index contributed by atoms with van der Waals surface area (Å²) >= 11 is 0. The molecule has 0 unspecified atom stereocenters. The lowest BCUT2D eigenvalue weighted by Crippen LogP contribution is -2.30. The van der Waals surface area contributed by atoms with Gasteiger partial charge in [-0.1, -0.05) is 23.8 Å². The number of carbonyl (C=O) groups excluding carboxylic acids is 2. The molecule has 0 saturated heterocycles. The minimum absolute atomic E-state index is 0.334. The van der Waals surface area contributed by atoms with E-state index in [9.17, 15) is 9.59 Å². The van der Waals surface area contributed by atoms with Gasteiger partial charge in [0, 0.05) is 5.69 Å². The van der Waals surface area contributed by atoms with E-state index in [1.165, 1.54) is 14.0 Å². The fourth-order valence-electron chi connectivity index (χ4n) is 2.22. The van der Waals surface area contributed by atoms with Crippen LogP contribution in [0.5, 0.6) is 5.75 Å². The molecule has 0 radical (unpaired) electrons. The number of ether oxygens (including phenoxy) is 2. The second kappa shape index (κ2) is 7.64. The summed E-state index contributed by atoms with van der Waals surface area (Å²) in [6, 6.07) is 12.3. The molecule has 1 amide bonds. The normalized spacial score (nSPS) is 11.5. The minimum Gasteiger partial charge on any atom is -0.497 e. The van der Waals surface area contributed by atoms with Gasteiger partial charge in [0.15, 0.2) is 6.10 Å². The highest BCUT2D eigenvalue weighted by molar-refractivity contribution is 5.97. The summed E-state index contributed by atoms with van der Waals surface area (Å²) in [5, 5.41) is 2.78. The first kappa shape index (κ1) is 17.5. The Morgan fingerprint density at radius 2 is 1.83 bits per heavy atom. The molecule has 1 atom stereocenters. The molecule has 5 nitrogen and oxygen atoms in total. The van der Waals surface area contributed by atoms with Crippen molar-refractivity contribution in [1.29, 1.82) is 0 Å². The maximum atomic E-state index is 12.2. The molecule has 0 saturated carbocycles. The van der Waals surface area contributed by atoms with Gasteiger partial charge in [-0.3, -0.25) is 4.79 Å². The lowest BCUT2D eigenvalue weighted by atomic mass is 10.1. The Labute approximate surface area is 141 Å². The van der Waals surface area contributed by atoms with Crippen LogP contribution in [0, 0.1) is 13.8 Å². The zero-order valence-electron chi connectivity index (χ0n) is 14.3. The number of carbonyl (C=O) groups is 2. The Balaban J connectivity index is 2.01. The Bertz CT molecular complexity index is 755. The van der Waals surface area contributed by atoms with Crippen LogP contribution in [0.4, 0.5) is 5.69 Å². The Kier molecular flexibility index (Phi) is 5.58. The number of nitrogens with one attached hydrogen (secondary N) is 1. The van der Waals surface area contributed by atoms with Crippen molar-refractivity contribution in [3.63, 3.8) is 0 Å². The fraction of sp³-hybridized carbons (Fsp3) is 0.263. The van der Waals surface area contributed by atoms with Crippen LogP contribution in [0.15, 0.2) is 42.5 Å². The van der Waals surface area contributed by atoms with Gasteiger partial charge in [0.05, 0.1) is 12.7 Å². The van der Waals surface area contributed by atoms with Crippen LogP contribution in [-0.2, 0) is 9.53 Å². The van der Waals surface area contributed by atoms with Gasteiger partial charge >= 0.3 is 5.97 Å². The zero-order chi connectivity index (χ0) is 17.7. The Morgan fingerprint density at radius 1 is 1.08 bits per heavy atom. The number of aryl methyl sites for hydroxylation is 2. The third kappa shape index (κ3) is 4.35. The molecule has 24 heavy (non-hydrogen) atoms. The van der Waals surface area contributed by atoms with Crippen LogP contribution >= 0.6 is 0 Å². The first-order valence-electron chi connectivity index (χ1n) is 7.64. The quantitative estimate of drug-likeness (QED) is 0.854. The maximum Gasteiger partial charge on any atom is 0.339 e. The number of amides is 1. The zero-order valence-corrected chi connectivity index (χ0v) is 14.3. The molecule has 0 aliphatic rings. The van der Waals surface area contributed by atoms with E-state index < -0.39 is 12.1 Å². The van der Waals surface area contributed by atoms with Crippen molar-refractivity contribution in [3.8, 4) is 5.75 Å². The average molecular weight is 327 g/mol. The van der Waals surface area contributed by atoms with Gasteiger partial charge in [-0.05, 0) is 50.6 Å². The average Bonchev–Trinajstić information content (AvgIpc) is 2.57. The van der Waals surface area contributed by atoms with Gasteiger partial charge in [0.25, 0.3) is 5.91 Å². The first-order valence-corrected chi connectivity index (χ1v) is 7.64. The second-order valence-corrected chi connectivity index (χ2v) is 5.59. The van der Waals surface area contributed by atoms with Gasteiger partial charge in [0.1, 0.15) is 5.75 Å². The number of rotatable bonds is 5. The third-order valence-corrected chi connectivity index (χ3v) is 3.60. The predicted molar refractivity (Wildman–Crippen MR) is 92.4 cm³/mol. The van der Waals surface area contributed by atoms with Crippen molar-refractivity contribution >= 4 is 17.6 Å². The Hall–Kier alpha value is -2.82. The smallest absolute Gasteiger partial charge is 0.339 e. The van der Waals surface area contributed by atoms with E-state index in [4.69, 9.17) is 9.47 Å². The predicted octanol–water partition coefficient (Wildman–Crippen LogP) is 3.50. The van der Waals surface area contributed by atoms with Crippen molar-refractivity contribution in [1.82, 2.24) is 0 Å². The highest BCUT2D eigenvalue weighted by Gasteiger charge is 2.19. The lowest BCUT2D eigenvalue weighted by molar-refractivity contribution is -0.123. The first-order chi connectivity index (χ1) is 11.4. The number of esters is 1. The van der Waals surface area contributed by atoms with Crippen molar-refractivity contribution in [3.05, 3.63) is 59.2 Å². The highest BCUT2D eigenvalue weighted by Crippen LogP contribution is 2.17. The molecule has 1 N–H and O–H groups in total. The molecule has 0 aromatic heterocycles. The molecule has 2 aromatic carbocycles. The molecule has 0 aliphatic carbocycles. The summed E-state index contributed by atoms with van der Waals surface area (Å²) in [6.07, 6.45) is -0.913. The third-order valence-electron chi connectivity index (χ3n) is 3.60. The Morgan fingerprint density at radius 3 is 2.50 bits per heavy atom. The summed E-state index contributed by atoms with van der Waals surface area (Å²) < 4.78 is 10.3. The van der Waals surface area contributed by atoms with Crippen LogP contribution in [0.2, 0.25) is 0 Å². The van der Waals surface area contributed by atoms with Crippen LogP contribution in [0.3, 0.4) is 0 Å². The number of anilines is 1. The van der Waals surface area contributed by atoms with Gasteiger partial charge in [-0.25, -0.2) is 4.79 Å². The topological polar surface area (TPSA) is 64.6 Å². The second-order valence-electron chi connectivity index (χ2n) is 5.59. The van der Waals surface area contributed by atoms with E-state index in [0.717, 1.165) is 11.1 Å². The fourth-order valence-corrected chi connectivity index (χ4v) is 2.22.